The number of nitrogens with one attached hydrogen (secondary N) is 1. The van der Waals surface area contributed by atoms with Crippen LogP contribution in [0.3, 0.4) is 0 Å². The van der Waals surface area contributed by atoms with Gasteiger partial charge in [-0.3, -0.25) is 4.79 Å². The summed E-state index contributed by atoms with van der Waals surface area (Å²) in [5.74, 6) is 1.06. The standard InChI is InChI=1S/C30H32N2O4/c1-35-30(34)18-16-25-12-6-8-14-28(25)36-27-13-7-5-11-24(27)15-17-29(33)32-20-19-31-22-26(32)21-23-9-3-2-4-10-23/h2-14,16,18,26,31H,15,17,19-22H2,1H3. The topological polar surface area (TPSA) is 67.9 Å². The normalized spacial score (nSPS) is 15.6. The van der Waals surface area contributed by atoms with Crippen LogP contribution in [0, 0.1) is 0 Å². The molecule has 6 nitrogen and oxygen atoms in total. The largest absolute Gasteiger partial charge is 0.466 e. The Morgan fingerprint density at radius 1 is 0.972 bits per heavy atom. The highest BCUT2D eigenvalue weighted by Crippen LogP contribution is 2.30. The predicted molar refractivity (Wildman–Crippen MR) is 141 cm³/mol. The average molecular weight is 485 g/mol. The van der Waals surface area contributed by atoms with Crippen molar-refractivity contribution in [1.29, 1.82) is 0 Å². The molecule has 0 radical (unpaired) electrons. The summed E-state index contributed by atoms with van der Waals surface area (Å²) in [5.41, 5.74) is 2.97. The Labute approximate surface area is 212 Å². The van der Waals surface area contributed by atoms with Crippen molar-refractivity contribution in [1.82, 2.24) is 10.2 Å². The van der Waals surface area contributed by atoms with Crippen LogP contribution in [0.2, 0.25) is 0 Å². The Bertz CT molecular complexity index is 1190. The van der Waals surface area contributed by atoms with Gasteiger partial charge in [0, 0.05) is 43.7 Å². The van der Waals surface area contributed by atoms with Crippen LogP contribution < -0.4 is 10.1 Å². The molecule has 0 bridgehead atoms. The lowest BCUT2D eigenvalue weighted by molar-refractivity contribution is -0.135. The lowest BCUT2D eigenvalue weighted by atomic mass is 10.0. The van der Waals surface area contributed by atoms with Gasteiger partial charge in [-0.2, -0.15) is 0 Å². The molecule has 1 unspecified atom stereocenters. The van der Waals surface area contributed by atoms with Crippen molar-refractivity contribution in [3.8, 4) is 11.5 Å². The molecule has 1 aliphatic rings. The summed E-state index contributed by atoms with van der Waals surface area (Å²) in [5, 5.41) is 3.43. The molecular formula is C30H32N2O4. The maximum Gasteiger partial charge on any atom is 0.330 e. The van der Waals surface area contributed by atoms with E-state index in [1.165, 1.54) is 18.7 Å². The lowest BCUT2D eigenvalue weighted by Crippen LogP contribution is -2.54. The molecule has 4 rings (SSSR count). The number of hydrogen-bond donors (Lipinski definition) is 1. The average Bonchev–Trinajstić information content (AvgIpc) is 2.92. The molecular weight excluding hydrogens is 452 g/mol. The SMILES string of the molecule is COC(=O)C=Cc1ccccc1Oc1ccccc1CCC(=O)N1CCNCC1Cc1ccccc1. The van der Waals surface area contributed by atoms with E-state index in [4.69, 9.17) is 4.74 Å². The second-order valence-corrected chi connectivity index (χ2v) is 8.74. The van der Waals surface area contributed by atoms with E-state index in [9.17, 15) is 9.59 Å². The van der Waals surface area contributed by atoms with Gasteiger partial charge in [0.25, 0.3) is 0 Å². The number of para-hydroxylation sites is 2. The van der Waals surface area contributed by atoms with Crippen LogP contribution >= 0.6 is 0 Å². The highest BCUT2D eigenvalue weighted by atomic mass is 16.5. The second kappa shape index (κ2) is 12.7. The molecule has 36 heavy (non-hydrogen) atoms. The molecule has 0 aliphatic carbocycles. The molecule has 3 aromatic carbocycles. The number of rotatable bonds is 9. The number of carbonyl (C=O) groups excluding carboxylic acids is 2. The number of benzene rings is 3. The maximum atomic E-state index is 13.3. The minimum atomic E-state index is -0.429. The zero-order valence-electron chi connectivity index (χ0n) is 20.6. The monoisotopic (exact) mass is 484 g/mol. The van der Waals surface area contributed by atoms with E-state index < -0.39 is 5.97 Å². The number of nitrogens with zero attached hydrogens (tertiary/aromatic N) is 1. The van der Waals surface area contributed by atoms with Gasteiger partial charge in [0.2, 0.25) is 5.91 Å². The van der Waals surface area contributed by atoms with E-state index in [1.807, 2.05) is 71.6 Å². The van der Waals surface area contributed by atoms with Crippen LogP contribution in [-0.2, 0) is 27.2 Å². The summed E-state index contributed by atoms with van der Waals surface area (Å²) in [6.45, 7) is 2.33. The van der Waals surface area contributed by atoms with Crippen molar-refractivity contribution in [3.05, 3.63) is 102 Å². The summed E-state index contributed by atoms with van der Waals surface area (Å²) in [6.07, 6.45) is 4.87. The molecule has 0 aromatic heterocycles. The minimum Gasteiger partial charge on any atom is -0.466 e. The van der Waals surface area contributed by atoms with Crippen molar-refractivity contribution in [2.24, 2.45) is 0 Å². The molecule has 6 heteroatoms. The molecule has 0 saturated carbocycles. The van der Waals surface area contributed by atoms with Crippen LogP contribution in [0.15, 0.2) is 84.9 Å². The molecule has 1 heterocycles. The van der Waals surface area contributed by atoms with Crippen LogP contribution in [0.4, 0.5) is 0 Å². The molecule has 1 atom stereocenters. The van der Waals surface area contributed by atoms with Crippen LogP contribution in [0.5, 0.6) is 11.5 Å². The quantitative estimate of drug-likeness (QED) is 0.354. The lowest BCUT2D eigenvalue weighted by Gasteiger charge is -2.36. The summed E-state index contributed by atoms with van der Waals surface area (Å²) in [6, 6.07) is 25.7. The third-order valence-electron chi connectivity index (χ3n) is 6.30. The molecule has 1 N–H and O–H groups in total. The zero-order valence-corrected chi connectivity index (χ0v) is 20.6. The fraction of sp³-hybridized carbons (Fsp3) is 0.267. The Morgan fingerprint density at radius 3 is 2.50 bits per heavy atom. The Balaban J connectivity index is 1.43. The van der Waals surface area contributed by atoms with Crippen LogP contribution in [0.1, 0.15) is 23.1 Å². The van der Waals surface area contributed by atoms with Gasteiger partial charge in [-0.05, 0) is 42.2 Å². The second-order valence-electron chi connectivity index (χ2n) is 8.74. The van der Waals surface area contributed by atoms with Gasteiger partial charge in [-0.25, -0.2) is 4.79 Å². The van der Waals surface area contributed by atoms with Crippen molar-refractivity contribution < 1.29 is 19.1 Å². The number of methoxy groups -OCH3 is 1. The number of amides is 1. The minimum absolute atomic E-state index is 0.147. The third-order valence-corrected chi connectivity index (χ3v) is 6.30. The Hall–Kier alpha value is -3.90. The van der Waals surface area contributed by atoms with Gasteiger partial charge < -0.3 is 19.7 Å². The van der Waals surface area contributed by atoms with Crippen LogP contribution in [0.25, 0.3) is 6.08 Å². The van der Waals surface area contributed by atoms with E-state index in [0.717, 1.165) is 30.6 Å². The van der Waals surface area contributed by atoms with Crippen molar-refractivity contribution in [2.75, 3.05) is 26.7 Å². The van der Waals surface area contributed by atoms with E-state index in [2.05, 4.69) is 22.2 Å². The molecule has 0 spiro atoms. The first kappa shape index (κ1) is 25.2. The highest BCUT2D eigenvalue weighted by Gasteiger charge is 2.26. The highest BCUT2D eigenvalue weighted by molar-refractivity contribution is 5.87. The number of esters is 1. The molecule has 3 aromatic rings. The zero-order chi connectivity index (χ0) is 25.2. The van der Waals surface area contributed by atoms with Crippen molar-refractivity contribution in [2.45, 2.75) is 25.3 Å². The van der Waals surface area contributed by atoms with E-state index in [1.54, 1.807) is 6.08 Å². The predicted octanol–water partition coefficient (Wildman–Crippen LogP) is 4.64. The van der Waals surface area contributed by atoms with E-state index >= 15 is 0 Å². The molecule has 1 aliphatic heterocycles. The van der Waals surface area contributed by atoms with E-state index in [0.29, 0.717) is 30.9 Å². The van der Waals surface area contributed by atoms with Gasteiger partial charge in [0.15, 0.2) is 0 Å². The Morgan fingerprint density at radius 2 is 1.69 bits per heavy atom. The molecule has 1 saturated heterocycles. The number of ether oxygens (including phenoxy) is 2. The number of carbonyl (C=O) groups is 2. The van der Waals surface area contributed by atoms with Gasteiger partial charge in [-0.1, -0.05) is 66.7 Å². The fourth-order valence-corrected chi connectivity index (χ4v) is 4.41. The molecule has 1 amide bonds. The van der Waals surface area contributed by atoms with Gasteiger partial charge in [0.05, 0.1) is 7.11 Å². The first-order valence-corrected chi connectivity index (χ1v) is 12.3. The molecule has 186 valence electrons. The summed E-state index contributed by atoms with van der Waals surface area (Å²) in [4.78, 5) is 26.8. The van der Waals surface area contributed by atoms with E-state index in [-0.39, 0.29) is 11.9 Å². The van der Waals surface area contributed by atoms with Crippen molar-refractivity contribution >= 4 is 18.0 Å². The summed E-state index contributed by atoms with van der Waals surface area (Å²) in [7, 11) is 1.34. The van der Waals surface area contributed by atoms with Crippen molar-refractivity contribution in [3.63, 3.8) is 0 Å². The number of aryl methyl sites for hydroxylation is 1. The van der Waals surface area contributed by atoms with Crippen LogP contribution in [-0.4, -0.2) is 49.6 Å². The third kappa shape index (κ3) is 6.83. The number of piperazine rings is 1. The Kier molecular flexibility index (Phi) is 8.89. The van der Waals surface area contributed by atoms with Gasteiger partial charge >= 0.3 is 5.97 Å². The number of hydrogen-bond acceptors (Lipinski definition) is 5. The van der Waals surface area contributed by atoms with Gasteiger partial charge in [0.1, 0.15) is 11.5 Å². The first-order chi connectivity index (χ1) is 17.6. The van der Waals surface area contributed by atoms with Gasteiger partial charge in [-0.15, -0.1) is 0 Å². The first-order valence-electron chi connectivity index (χ1n) is 12.3. The fourth-order valence-electron chi connectivity index (χ4n) is 4.41. The summed E-state index contributed by atoms with van der Waals surface area (Å²) < 4.78 is 10.9. The molecule has 1 fully saturated rings. The summed E-state index contributed by atoms with van der Waals surface area (Å²) >= 11 is 0. The maximum absolute atomic E-state index is 13.3. The smallest absolute Gasteiger partial charge is 0.330 e.